The number of carbonyl (C=O) groups is 2. The number of carboxylic acid groups (broad SMARTS) is 1. The minimum atomic E-state index is -0.994. The van der Waals surface area contributed by atoms with Crippen molar-refractivity contribution >= 4 is 17.6 Å². The lowest BCUT2D eigenvalue weighted by atomic mass is 9.95. The van der Waals surface area contributed by atoms with E-state index in [4.69, 9.17) is 0 Å². The third-order valence-electron chi connectivity index (χ3n) is 4.94. The summed E-state index contributed by atoms with van der Waals surface area (Å²) in [6.07, 6.45) is 0. The summed E-state index contributed by atoms with van der Waals surface area (Å²) in [5.74, 6) is -0.881. The molecule has 0 aliphatic carbocycles. The van der Waals surface area contributed by atoms with Crippen LogP contribution in [0.3, 0.4) is 0 Å². The summed E-state index contributed by atoms with van der Waals surface area (Å²) in [4.78, 5) is 27.5. The second-order valence-corrected chi connectivity index (χ2v) is 7.58. The molecule has 0 bridgehead atoms. The van der Waals surface area contributed by atoms with Crippen LogP contribution in [0, 0.1) is 0 Å². The van der Waals surface area contributed by atoms with Crippen LogP contribution in [-0.4, -0.2) is 52.3 Å². The van der Waals surface area contributed by atoms with Crippen LogP contribution in [0.1, 0.15) is 64.8 Å². The van der Waals surface area contributed by atoms with Gasteiger partial charge in [-0.1, -0.05) is 6.92 Å². The maximum atomic E-state index is 12.1. The van der Waals surface area contributed by atoms with E-state index < -0.39 is 5.97 Å². The molecule has 3 rings (SSSR count). The number of hydrogen-bond donors (Lipinski definition) is 1. The molecular weight excluding hydrogens is 344 g/mol. The van der Waals surface area contributed by atoms with Crippen molar-refractivity contribution in [3.63, 3.8) is 0 Å². The fourth-order valence-corrected chi connectivity index (χ4v) is 3.67. The Hall–Kier alpha value is -2.83. The maximum Gasteiger partial charge on any atom is 0.356 e. The summed E-state index contributed by atoms with van der Waals surface area (Å²) in [5, 5.41) is 14.0. The van der Waals surface area contributed by atoms with Gasteiger partial charge in [-0.15, -0.1) is 0 Å². The van der Waals surface area contributed by atoms with Crippen molar-refractivity contribution in [2.75, 3.05) is 25.5 Å². The van der Waals surface area contributed by atoms with E-state index in [-0.39, 0.29) is 23.6 Å². The standard InChI is InChI=1S/C20H26N4O3/c1-12(2)24-18-13(3)10-23(11-16(18)17(21-24)20(26)27)15-8-6-14(7-9-15)19(25)22(4)5/h6-9,12-13H,10-11H2,1-5H3,(H,26,27)/t13-/m0/s1. The summed E-state index contributed by atoms with van der Waals surface area (Å²) >= 11 is 0. The fraction of sp³-hybridized carbons (Fsp3) is 0.450. The summed E-state index contributed by atoms with van der Waals surface area (Å²) in [6, 6.07) is 7.57. The summed E-state index contributed by atoms with van der Waals surface area (Å²) in [5.41, 5.74) is 3.53. The van der Waals surface area contributed by atoms with Crippen molar-refractivity contribution in [2.24, 2.45) is 0 Å². The van der Waals surface area contributed by atoms with E-state index in [1.54, 1.807) is 19.0 Å². The Morgan fingerprint density at radius 1 is 1.22 bits per heavy atom. The lowest BCUT2D eigenvalue weighted by Crippen LogP contribution is -2.34. The Labute approximate surface area is 159 Å². The number of amides is 1. The first kappa shape index (κ1) is 18.9. The molecule has 27 heavy (non-hydrogen) atoms. The van der Waals surface area contributed by atoms with Crippen molar-refractivity contribution in [3.05, 3.63) is 46.8 Å². The second-order valence-electron chi connectivity index (χ2n) is 7.58. The Balaban J connectivity index is 1.95. The number of aromatic carboxylic acids is 1. The zero-order valence-electron chi connectivity index (χ0n) is 16.4. The lowest BCUT2D eigenvalue weighted by molar-refractivity contribution is 0.0687. The van der Waals surface area contributed by atoms with Crippen LogP contribution in [0.25, 0.3) is 0 Å². The molecule has 0 radical (unpaired) electrons. The molecule has 0 unspecified atom stereocenters. The molecule has 144 valence electrons. The highest BCUT2D eigenvalue weighted by Crippen LogP contribution is 2.34. The largest absolute Gasteiger partial charge is 0.476 e. The Bertz CT molecular complexity index is 868. The van der Waals surface area contributed by atoms with E-state index in [9.17, 15) is 14.7 Å². The second kappa shape index (κ2) is 7.06. The molecule has 7 nitrogen and oxygen atoms in total. The quantitative estimate of drug-likeness (QED) is 0.895. The number of carbonyl (C=O) groups excluding carboxylic acids is 1. The number of rotatable bonds is 4. The summed E-state index contributed by atoms with van der Waals surface area (Å²) in [7, 11) is 3.45. The highest BCUT2D eigenvalue weighted by Gasteiger charge is 2.33. The van der Waals surface area contributed by atoms with E-state index in [0.29, 0.717) is 12.1 Å². The van der Waals surface area contributed by atoms with Crippen molar-refractivity contribution in [3.8, 4) is 0 Å². The predicted molar refractivity (Wildman–Crippen MR) is 103 cm³/mol. The van der Waals surface area contributed by atoms with Crippen LogP contribution < -0.4 is 4.90 Å². The van der Waals surface area contributed by atoms with Crippen molar-refractivity contribution in [1.82, 2.24) is 14.7 Å². The molecule has 1 aliphatic heterocycles. The minimum Gasteiger partial charge on any atom is -0.476 e. The molecule has 0 saturated carbocycles. The number of anilines is 1. The number of benzene rings is 1. The Morgan fingerprint density at radius 3 is 2.37 bits per heavy atom. The van der Waals surface area contributed by atoms with Gasteiger partial charge < -0.3 is 14.9 Å². The van der Waals surface area contributed by atoms with Gasteiger partial charge >= 0.3 is 5.97 Å². The van der Waals surface area contributed by atoms with Crippen molar-refractivity contribution < 1.29 is 14.7 Å². The normalized spacial score (nSPS) is 16.4. The first-order valence-electron chi connectivity index (χ1n) is 9.12. The predicted octanol–water partition coefficient (Wildman–Crippen LogP) is 2.99. The van der Waals surface area contributed by atoms with E-state index in [0.717, 1.165) is 23.5 Å². The molecule has 1 amide bonds. The van der Waals surface area contributed by atoms with Gasteiger partial charge in [0.05, 0.1) is 0 Å². The van der Waals surface area contributed by atoms with Gasteiger partial charge in [-0.25, -0.2) is 4.79 Å². The van der Waals surface area contributed by atoms with Gasteiger partial charge in [0.1, 0.15) is 0 Å². The molecular formula is C20H26N4O3. The molecule has 0 saturated heterocycles. The average molecular weight is 370 g/mol. The van der Waals surface area contributed by atoms with Gasteiger partial charge in [0.25, 0.3) is 5.91 Å². The van der Waals surface area contributed by atoms with Gasteiger partial charge in [0.2, 0.25) is 0 Å². The number of hydrogen-bond acceptors (Lipinski definition) is 4. The molecule has 2 aromatic rings. The fourth-order valence-electron chi connectivity index (χ4n) is 3.67. The first-order chi connectivity index (χ1) is 12.7. The van der Waals surface area contributed by atoms with Crippen LogP contribution in [0.5, 0.6) is 0 Å². The molecule has 2 heterocycles. The van der Waals surface area contributed by atoms with Gasteiger partial charge in [-0.05, 0) is 38.1 Å². The number of nitrogens with zero attached hydrogens (tertiary/aromatic N) is 4. The topological polar surface area (TPSA) is 78.7 Å². The van der Waals surface area contributed by atoms with Crippen LogP contribution >= 0.6 is 0 Å². The minimum absolute atomic E-state index is 0.0396. The maximum absolute atomic E-state index is 12.1. The third kappa shape index (κ3) is 3.41. The zero-order valence-corrected chi connectivity index (χ0v) is 16.4. The van der Waals surface area contributed by atoms with Crippen LogP contribution in [-0.2, 0) is 6.54 Å². The van der Waals surface area contributed by atoms with Crippen molar-refractivity contribution in [1.29, 1.82) is 0 Å². The molecule has 7 heteroatoms. The highest BCUT2D eigenvalue weighted by atomic mass is 16.4. The number of fused-ring (bicyclic) bond motifs is 1. The molecule has 1 N–H and O–H groups in total. The molecule has 0 fully saturated rings. The van der Waals surface area contributed by atoms with Gasteiger partial charge in [0.15, 0.2) is 5.69 Å². The first-order valence-corrected chi connectivity index (χ1v) is 9.12. The molecule has 1 aromatic heterocycles. The van der Waals surface area contributed by atoms with E-state index in [1.807, 2.05) is 42.8 Å². The van der Waals surface area contributed by atoms with E-state index in [2.05, 4.69) is 16.9 Å². The van der Waals surface area contributed by atoms with Crippen LogP contribution in [0.15, 0.2) is 24.3 Å². The van der Waals surface area contributed by atoms with E-state index in [1.165, 1.54) is 0 Å². The SMILES string of the molecule is CC(C)n1nc(C(=O)O)c2c1[C@@H](C)CN(c1ccc(C(=O)N(C)C)cc1)C2. The molecule has 1 aromatic carbocycles. The smallest absolute Gasteiger partial charge is 0.356 e. The Morgan fingerprint density at radius 2 is 1.85 bits per heavy atom. The molecule has 1 atom stereocenters. The van der Waals surface area contributed by atoms with Gasteiger partial charge in [0, 0.05) is 61.7 Å². The van der Waals surface area contributed by atoms with Gasteiger partial charge in [-0.2, -0.15) is 5.10 Å². The Kier molecular flexibility index (Phi) is 4.95. The average Bonchev–Trinajstić information content (AvgIpc) is 3.02. The molecule has 0 spiro atoms. The zero-order chi connectivity index (χ0) is 19.9. The number of carboxylic acids is 1. The summed E-state index contributed by atoms with van der Waals surface area (Å²) in [6.45, 7) is 7.39. The number of aromatic nitrogens is 2. The third-order valence-corrected chi connectivity index (χ3v) is 4.94. The lowest BCUT2D eigenvalue weighted by Gasteiger charge is -2.34. The highest BCUT2D eigenvalue weighted by molar-refractivity contribution is 5.94. The summed E-state index contributed by atoms with van der Waals surface area (Å²) < 4.78 is 1.85. The molecule has 1 aliphatic rings. The van der Waals surface area contributed by atoms with Crippen LogP contribution in [0.4, 0.5) is 5.69 Å². The van der Waals surface area contributed by atoms with Crippen molar-refractivity contribution in [2.45, 2.75) is 39.3 Å². The monoisotopic (exact) mass is 370 g/mol. The van der Waals surface area contributed by atoms with Gasteiger partial charge in [-0.3, -0.25) is 9.48 Å². The van der Waals surface area contributed by atoms with E-state index >= 15 is 0 Å². The van der Waals surface area contributed by atoms with Crippen LogP contribution in [0.2, 0.25) is 0 Å².